The van der Waals surface area contributed by atoms with E-state index in [0.29, 0.717) is 11.9 Å². The van der Waals surface area contributed by atoms with Gasteiger partial charge in [-0.1, -0.05) is 13.0 Å². The highest BCUT2D eigenvalue weighted by Gasteiger charge is 2.14. The summed E-state index contributed by atoms with van der Waals surface area (Å²) >= 11 is 0. The first-order valence-corrected chi connectivity index (χ1v) is 7.54. The molecule has 5 nitrogen and oxygen atoms in total. The monoisotopic (exact) mass is 296 g/mol. The third-order valence-electron chi connectivity index (χ3n) is 4.07. The highest BCUT2D eigenvalue weighted by molar-refractivity contribution is 5.81. The van der Waals surface area contributed by atoms with E-state index in [4.69, 9.17) is 0 Å². The second kappa shape index (κ2) is 5.75. The molecule has 0 aliphatic carbocycles. The number of aromatic nitrogens is 4. The summed E-state index contributed by atoms with van der Waals surface area (Å²) in [6.45, 7) is 6.80. The van der Waals surface area contributed by atoms with Gasteiger partial charge in [-0.3, -0.25) is 9.36 Å². The van der Waals surface area contributed by atoms with Crippen LogP contribution in [0.15, 0.2) is 42.0 Å². The quantitative estimate of drug-likeness (QED) is 0.744. The average Bonchev–Trinajstić information content (AvgIpc) is 2.99. The van der Waals surface area contributed by atoms with E-state index in [0.717, 1.165) is 23.1 Å². The molecule has 22 heavy (non-hydrogen) atoms. The number of fused-ring (bicyclic) bond motifs is 1. The van der Waals surface area contributed by atoms with Gasteiger partial charge in [0.25, 0.3) is 5.56 Å². The lowest BCUT2D eigenvalue weighted by Crippen LogP contribution is -2.27. The Kier molecular flexibility index (Phi) is 3.79. The SMILES string of the molecule is CCC(Cn1ccnc1)n1cnc2c(C)cc(C)cc2c1=O. The number of imidazole rings is 1. The van der Waals surface area contributed by atoms with Crippen LogP contribution in [-0.4, -0.2) is 19.1 Å². The Labute approximate surface area is 129 Å². The van der Waals surface area contributed by atoms with Gasteiger partial charge in [-0.25, -0.2) is 9.97 Å². The Morgan fingerprint density at radius 2 is 2.05 bits per heavy atom. The molecule has 1 aromatic carbocycles. The third kappa shape index (κ3) is 2.54. The van der Waals surface area contributed by atoms with E-state index in [9.17, 15) is 4.79 Å². The highest BCUT2D eigenvalue weighted by Crippen LogP contribution is 2.17. The fourth-order valence-corrected chi connectivity index (χ4v) is 2.92. The van der Waals surface area contributed by atoms with Crippen molar-refractivity contribution in [3.05, 3.63) is 58.7 Å². The van der Waals surface area contributed by atoms with E-state index < -0.39 is 0 Å². The first-order chi connectivity index (χ1) is 10.6. The van der Waals surface area contributed by atoms with Crippen molar-refractivity contribution in [2.75, 3.05) is 0 Å². The van der Waals surface area contributed by atoms with Crippen molar-refractivity contribution in [2.45, 2.75) is 39.8 Å². The number of hydrogen-bond donors (Lipinski definition) is 0. The van der Waals surface area contributed by atoms with Crippen molar-refractivity contribution in [2.24, 2.45) is 0 Å². The normalized spacial score (nSPS) is 12.7. The summed E-state index contributed by atoms with van der Waals surface area (Å²) in [6.07, 6.45) is 7.97. The lowest BCUT2D eigenvalue weighted by Gasteiger charge is -2.19. The number of nitrogens with zero attached hydrogens (tertiary/aromatic N) is 4. The van der Waals surface area contributed by atoms with Gasteiger partial charge in [0.1, 0.15) is 0 Å². The molecule has 5 heteroatoms. The number of rotatable bonds is 4. The summed E-state index contributed by atoms with van der Waals surface area (Å²) in [5, 5.41) is 0.698. The molecule has 2 aromatic heterocycles. The van der Waals surface area contributed by atoms with Crippen LogP contribution < -0.4 is 5.56 Å². The van der Waals surface area contributed by atoms with Gasteiger partial charge in [-0.2, -0.15) is 0 Å². The molecule has 0 aliphatic rings. The maximum atomic E-state index is 12.9. The molecule has 1 atom stereocenters. The number of hydrogen-bond acceptors (Lipinski definition) is 3. The summed E-state index contributed by atoms with van der Waals surface area (Å²) in [7, 11) is 0. The van der Waals surface area contributed by atoms with Crippen LogP contribution in [0.3, 0.4) is 0 Å². The van der Waals surface area contributed by atoms with E-state index in [2.05, 4.69) is 23.0 Å². The molecular formula is C17H20N4O. The number of aryl methyl sites for hydroxylation is 2. The zero-order valence-corrected chi connectivity index (χ0v) is 13.2. The Hall–Kier alpha value is -2.43. The topological polar surface area (TPSA) is 52.7 Å². The minimum absolute atomic E-state index is 0.0313. The van der Waals surface area contributed by atoms with E-state index >= 15 is 0 Å². The van der Waals surface area contributed by atoms with Gasteiger partial charge in [0.15, 0.2) is 0 Å². The Morgan fingerprint density at radius 3 is 2.73 bits per heavy atom. The van der Waals surface area contributed by atoms with Crippen LogP contribution >= 0.6 is 0 Å². The van der Waals surface area contributed by atoms with Gasteiger partial charge in [-0.15, -0.1) is 0 Å². The molecule has 2 heterocycles. The van der Waals surface area contributed by atoms with Crippen molar-refractivity contribution >= 4 is 10.9 Å². The smallest absolute Gasteiger partial charge is 0.261 e. The zero-order valence-electron chi connectivity index (χ0n) is 13.2. The van der Waals surface area contributed by atoms with Crippen LogP contribution in [0.25, 0.3) is 10.9 Å². The van der Waals surface area contributed by atoms with E-state index in [-0.39, 0.29) is 11.6 Å². The van der Waals surface area contributed by atoms with Crippen LogP contribution in [-0.2, 0) is 6.54 Å². The van der Waals surface area contributed by atoms with Crippen molar-refractivity contribution < 1.29 is 0 Å². The van der Waals surface area contributed by atoms with Gasteiger partial charge in [0.05, 0.1) is 29.6 Å². The molecule has 0 N–H and O–H groups in total. The molecule has 0 amide bonds. The first kappa shape index (κ1) is 14.5. The predicted molar refractivity (Wildman–Crippen MR) is 87.0 cm³/mol. The van der Waals surface area contributed by atoms with Crippen molar-refractivity contribution in [3.63, 3.8) is 0 Å². The van der Waals surface area contributed by atoms with Crippen molar-refractivity contribution in [1.82, 2.24) is 19.1 Å². The molecule has 0 saturated carbocycles. The fourth-order valence-electron chi connectivity index (χ4n) is 2.92. The van der Waals surface area contributed by atoms with Crippen molar-refractivity contribution in [3.8, 4) is 0 Å². The highest BCUT2D eigenvalue weighted by atomic mass is 16.1. The lowest BCUT2D eigenvalue weighted by atomic mass is 10.1. The van der Waals surface area contributed by atoms with Gasteiger partial charge >= 0.3 is 0 Å². The van der Waals surface area contributed by atoms with Crippen LogP contribution in [0.1, 0.15) is 30.5 Å². The summed E-state index contributed by atoms with van der Waals surface area (Å²) in [6, 6.07) is 4.06. The van der Waals surface area contributed by atoms with Gasteiger partial charge < -0.3 is 4.57 Å². The second-order valence-corrected chi connectivity index (χ2v) is 5.76. The summed E-state index contributed by atoms with van der Waals surface area (Å²) < 4.78 is 3.74. The van der Waals surface area contributed by atoms with E-state index in [1.54, 1.807) is 23.4 Å². The minimum atomic E-state index is 0.0313. The Morgan fingerprint density at radius 1 is 1.23 bits per heavy atom. The molecule has 3 rings (SSSR count). The summed E-state index contributed by atoms with van der Waals surface area (Å²) in [4.78, 5) is 21.4. The van der Waals surface area contributed by atoms with E-state index in [1.807, 2.05) is 30.7 Å². The predicted octanol–water partition coefficient (Wildman–Crippen LogP) is 2.86. The maximum absolute atomic E-state index is 12.9. The van der Waals surface area contributed by atoms with E-state index in [1.165, 1.54) is 0 Å². The van der Waals surface area contributed by atoms with Crippen LogP contribution in [0.5, 0.6) is 0 Å². The maximum Gasteiger partial charge on any atom is 0.261 e. The molecule has 3 aromatic rings. The van der Waals surface area contributed by atoms with Crippen molar-refractivity contribution in [1.29, 1.82) is 0 Å². The molecule has 114 valence electrons. The Balaban J connectivity index is 2.10. The third-order valence-corrected chi connectivity index (χ3v) is 4.07. The van der Waals surface area contributed by atoms with Crippen LogP contribution in [0.2, 0.25) is 0 Å². The molecule has 0 spiro atoms. The number of benzene rings is 1. The second-order valence-electron chi connectivity index (χ2n) is 5.76. The largest absolute Gasteiger partial charge is 0.335 e. The van der Waals surface area contributed by atoms with Gasteiger partial charge in [-0.05, 0) is 37.5 Å². The molecule has 0 aliphatic heterocycles. The minimum Gasteiger partial charge on any atom is -0.335 e. The van der Waals surface area contributed by atoms with Gasteiger partial charge in [0.2, 0.25) is 0 Å². The first-order valence-electron chi connectivity index (χ1n) is 7.54. The summed E-state index contributed by atoms with van der Waals surface area (Å²) in [5.41, 5.74) is 2.96. The summed E-state index contributed by atoms with van der Waals surface area (Å²) in [5.74, 6) is 0. The average molecular weight is 296 g/mol. The molecule has 0 saturated heterocycles. The molecular weight excluding hydrogens is 276 g/mol. The zero-order chi connectivity index (χ0) is 15.7. The molecule has 0 radical (unpaired) electrons. The Bertz CT molecular complexity index is 849. The van der Waals surface area contributed by atoms with Crippen LogP contribution in [0, 0.1) is 13.8 Å². The standard InChI is InChI=1S/C17H20N4O/c1-4-14(9-20-6-5-18-10-20)21-11-19-16-13(3)7-12(2)8-15(16)17(21)22/h5-8,10-11,14H,4,9H2,1-3H3. The van der Waals surface area contributed by atoms with Crippen LogP contribution in [0.4, 0.5) is 0 Å². The molecule has 1 unspecified atom stereocenters. The fraction of sp³-hybridized carbons (Fsp3) is 0.353. The lowest BCUT2D eigenvalue weighted by molar-refractivity contribution is 0.406. The van der Waals surface area contributed by atoms with Gasteiger partial charge in [0, 0.05) is 18.9 Å². The molecule has 0 bridgehead atoms. The molecule has 0 fully saturated rings.